The molecule has 0 fully saturated rings. The summed E-state index contributed by atoms with van der Waals surface area (Å²) in [5.41, 5.74) is 0.850. The molecule has 122 valence electrons. The molecule has 0 aromatic heterocycles. The Hall–Kier alpha value is -1.55. The predicted octanol–water partition coefficient (Wildman–Crippen LogP) is 4.46. The van der Waals surface area contributed by atoms with Gasteiger partial charge in [0.2, 0.25) is 0 Å². The topological polar surface area (TPSA) is 52.6 Å². The molecule has 0 unspecified atom stereocenters. The van der Waals surface area contributed by atoms with Gasteiger partial charge in [0.15, 0.2) is 0 Å². The number of carbonyl (C=O) groups is 2. The smallest absolute Gasteiger partial charge is 0.311 e. The van der Waals surface area contributed by atoms with E-state index in [9.17, 15) is 9.59 Å². The standard InChI is InChI=1S/C17H23ClO4/c1-3-4-5-11-21-16(19)7-6-8-17(20)22-14-9-10-15(18)13(2)12-14/h9-10,12H,3-8,11H2,1-2H3. The average Bonchev–Trinajstić information content (AvgIpc) is 2.47. The van der Waals surface area contributed by atoms with Crippen LogP contribution in [-0.2, 0) is 14.3 Å². The first-order chi connectivity index (χ1) is 10.5. The van der Waals surface area contributed by atoms with Crippen LogP contribution in [0.15, 0.2) is 18.2 Å². The summed E-state index contributed by atoms with van der Waals surface area (Å²) in [7, 11) is 0. The van der Waals surface area contributed by atoms with Crippen molar-refractivity contribution >= 4 is 23.5 Å². The zero-order chi connectivity index (χ0) is 16.4. The SMILES string of the molecule is CCCCCOC(=O)CCCC(=O)Oc1ccc(Cl)c(C)c1. The van der Waals surface area contributed by atoms with Crippen molar-refractivity contribution < 1.29 is 19.1 Å². The van der Waals surface area contributed by atoms with E-state index >= 15 is 0 Å². The summed E-state index contributed by atoms with van der Waals surface area (Å²) in [6, 6.07) is 5.05. The number of benzene rings is 1. The zero-order valence-electron chi connectivity index (χ0n) is 13.2. The second-order valence-electron chi connectivity index (χ2n) is 5.17. The molecule has 0 spiro atoms. The van der Waals surface area contributed by atoms with Crippen molar-refractivity contribution in [1.82, 2.24) is 0 Å². The van der Waals surface area contributed by atoms with E-state index in [1.807, 2.05) is 6.92 Å². The van der Waals surface area contributed by atoms with Gasteiger partial charge in [0.25, 0.3) is 0 Å². The number of hydrogen-bond donors (Lipinski definition) is 0. The lowest BCUT2D eigenvalue weighted by Gasteiger charge is -2.06. The van der Waals surface area contributed by atoms with Gasteiger partial charge in [-0.3, -0.25) is 9.59 Å². The minimum atomic E-state index is -0.361. The molecular formula is C17H23ClO4. The predicted molar refractivity (Wildman–Crippen MR) is 86.2 cm³/mol. The van der Waals surface area contributed by atoms with Crippen LogP contribution in [0.1, 0.15) is 51.0 Å². The quantitative estimate of drug-likeness (QED) is 0.382. The van der Waals surface area contributed by atoms with Crippen LogP contribution in [0.25, 0.3) is 0 Å². The van der Waals surface area contributed by atoms with E-state index in [4.69, 9.17) is 21.1 Å². The Morgan fingerprint density at radius 3 is 2.50 bits per heavy atom. The van der Waals surface area contributed by atoms with Gasteiger partial charge in [-0.05, 0) is 43.5 Å². The molecule has 1 aromatic carbocycles. The van der Waals surface area contributed by atoms with Gasteiger partial charge in [-0.25, -0.2) is 0 Å². The summed E-state index contributed by atoms with van der Waals surface area (Å²) < 4.78 is 10.3. The number of halogens is 1. The second kappa shape index (κ2) is 10.2. The van der Waals surface area contributed by atoms with Gasteiger partial charge in [0.1, 0.15) is 5.75 Å². The molecule has 0 atom stereocenters. The highest BCUT2D eigenvalue weighted by Crippen LogP contribution is 2.21. The molecule has 0 aliphatic heterocycles. The molecule has 1 rings (SSSR count). The third kappa shape index (κ3) is 7.46. The fraction of sp³-hybridized carbons (Fsp3) is 0.529. The van der Waals surface area contributed by atoms with Crippen molar-refractivity contribution in [3.05, 3.63) is 28.8 Å². The van der Waals surface area contributed by atoms with E-state index in [0.29, 0.717) is 23.8 Å². The van der Waals surface area contributed by atoms with Gasteiger partial charge >= 0.3 is 11.9 Å². The van der Waals surface area contributed by atoms with Crippen LogP contribution in [0.4, 0.5) is 0 Å². The molecular weight excluding hydrogens is 304 g/mol. The second-order valence-corrected chi connectivity index (χ2v) is 5.57. The van der Waals surface area contributed by atoms with Crippen LogP contribution in [0, 0.1) is 6.92 Å². The Morgan fingerprint density at radius 1 is 1.09 bits per heavy atom. The molecule has 22 heavy (non-hydrogen) atoms. The minimum absolute atomic E-state index is 0.186. The van der Waals surface area contributed by atoms with E-state index in [1.54, 1.807) is 18.2 Å². The summed E-state index contributed by atoms with van der Waals surface area (Å²) in [5.74, 6) is -0.152. The van der Waals surface area contributed by atoms with Crippen molar-refractivity contribution in [2.75, 3.05) is 6.61 Å². The van der Waals surface area contributed by atoms with E-state index in [1.165, 1.54) is 0 Å². The largest absolute Gasteiger partial charge is 0.466 e. The molecule has 1 aromatic rings. The number of esters is 2. The van der Waals surface area contributed by atoms with Crippen molar-refractivity contribution in [2.24, 2.45) is 0 Å². The first kappa shape index (κ1) is 18.5. The molecule has 0 heterocycles. The molecule has 4 nitrogen and oxygen atoms in total. The maximum atomic E-state index is 11.7. The van der Waals surface area contributed by atoms with Crippen LogP contribution < -0.4 is 4.74 Å². The summed E-state index contributed by atoms with van der Waals surface area (Å²) in [6.45, 7) is 4.39. The maximum Gasteiger partial charge on any atom is 0.311 e. The highest BCUT2D eigenvalue weighted by Gasteiger charge is 2.09. The van der Waals surface area contributed by atoms with E-state index in [-0.39, 0.29) is 24.8 Å². The Kier molecular flexibility index (Phi) is 8.60. The van der Waals surface area contributed by atoms with Crippen molar-refractivity contribution in [2.45, 2.75) is 52.4 Å². The Bertz CT molecular complexity index is 499. The van der Waals surface area contributed by atoms with Gasteiger partial charge in [0, 0.05) is 17.9 Å². The van der Waals surface area contributed by atoms with Gasteiger partial charge in [-0.1, -0.05) is 31.4 Å². The van der Waals surface area contributed by atoms with Gasteiger partial charge < -0.3 is 9.47 Å². The molecule has 0 saturated carbocycles. The third-order valence-electron chi connectivity index (χ3n) is 3.13. The number of ether oxygens (including phenoxy) is 2. The monoisotopic (exact) mass is 326 g/mol. The van der Waals surface area contributed by atoms with Gasteiger partial charge in [-0.2, -0.15) is 0 Å². The molecule has 0 radical (unpaired) electrons. The lowest BCUT2D eigenvalue weighted by atomic mass is 10.2. The lowest BCUT2D eigenvalue weighted by molar-refractivity contribution is -0.144. The third-order valence-corrected chi connectivity index (χ3v) is 3.56. The fourth-order valence-corrected chi connectivity index (χ4v) is 1.97. The first-order valence-electron chi connectivity index (χ1n) is 7.65. The summed E-state index contributed by atoms with van der Waals surface area (Å²) >= 11 is 5.91. The van der Waals surface area contributed by atoms with Crippen molar-refractivity contribution in [3.63, 3.8) is 0 Å². The van der Waals surface area contributed by atoms with E-state index in [0.717, 1.165) is 24.8 Å². The van der Waals surface area contributed by atoms with E-state index < -0.39 is 0 Å². The molecule has 0 aliphatic carbocycles. The lowest BCUT2D eigenvalue weighted by Crippen LogP contribution is -2.10. The number of unbranched alkanes of at least 4 members (excludes halogenated alkanes) is 2. The molecule has 0 bridgehead atoms. The number of rotatable bonds is 9. The number of aryl methyl sites for hydroxylation is 1. The summed E-state index contributed by atoms with van der Waals surface area (Å²) in [5, 5.41) is 0.630. The summed E-state index contributed by atoms with van der Waals surface area (Å²) in [6.07, 6.45) is 3.89. The molecule has 5 heteroatoms. The summed E-state index contributed by atoms with van der Waals surface area (Å²) in [4.78, 5) is 23.1. The maximum absolute atomic E-state index is 11.7. The first-order valence-corrected chi connectivity index (χ1v) is 8.03. The molecule has 0 saturated heterocycles. The Labute approximate surface area is 136 Å². The highest BCUT2D eigenvalue weighted by atomic mass is 35.5. The number of hydrogen-bond acceptors (Lipinski definition) is 4. The van der Waals surface area contributed by atoms with Gasteiger partial charge in [0.05, 0.1) is 6.61 Å². The average molecular weight is 327 g/mol. The van der Waals surface area contributed by atoms with Crippen molar-refractivity contribution in [1.29, 1.82) is 0 Å². The van der Waals surface area contributed by atoms with Gasteiger partial charge in [-0.15, -0.1) is 0 Å². The van der Waals surface area contributed by atoms with Crippen LogP contribution in [0.5, 0.6) is 5.75 Å². The Morgan fingerprint density at radius 2 is 1.82 bits per heavy atom. The molecule has 0 N–H and O–H groups in total. The van der Waals surface area contributed by atoms with Crippen LogP contribution >= 0.6 is 11.6 Å². The normalized spacial score (nSPS) is 10.3. The number of carbonyl (C=O) groups excluding carboxylic acids is 2. The van der Waals surface area contributed by atoms with Crippen molar-refractivity contribution in [3.8, 4) is 5.75 Å². The van der Waals surface area contributed by atoms with Crippen LogP contribution in [0.2, 0.25) is 5.02 Å². The zero-order valence-corrected chi connectivity index (χ0v) is 13.9. The molecule has 0 aliphatic rings. The highest BCUT2D eigenvalue weighted by molar-refractivity contribution is 6.31. The van der Waals surface area contributed by atoms with Crippen LogP contribution in [0.3, 0.4) is 0 Å². The minimum Gasteiger partial charge on any atom is -0.466 e. The van der Waals surface area contributed by atoms with E-state index in [2.05, 4.69) is 6.92 Å². The molecule has 0 amide bonds. The fourth-order valence-electron chi connectivity index (χ4n) is 1.85. The Balaban J connectivity index is 2.20. The van der Waals surface area contributed by atoms with Crippen LogP contribution in [-0.4, -0.2) is 18.5 Å².